The van der Waals surface area contributed by atoms with Gasteiger partial charge in [0.05, 0.1) is 5.60 Å². The molecule has 0 aliphatic heterocycles. The summed E-state index contributed by atoms with van der Waals surface area (Å²) < 4.78 is 11.0. The summed E-state index contributed by atoms with van der Waals surface area (Å²) in [6.07, 6.45) is -0.664. The van der Waals surface area contributed by atoms with E-state index in [1.165, 1.54) is 0 Å². The average Bonchev–Trinajstić information content (AvgIpc) is 2.36. The molecule has 0 aliphatic carbocycles. The third-order valence-electron chi connectivity index (χ3n) is 3.27. The van der Waals surface area contributed by atoms with Crippen LogP contribution in [0.4, 0.5) is 0 Å². The van der Waals surface area contributed by atoms with Crippen molar-refractivity contribution in [3.63, 3.8) is 0 Å². The molecular formula is C15H24O3. The van der Waals surface area contributed by atoms with Crippen LogP contribution in [0, 0.1) is 0 Å². The fourth-order valence-electron chi connectivity index (χ4n) is 1.59. The summed E-state index contributed by atoms with van der Waals surface area (Å²) in [5.74, 6) is 1.23. The highest BCUT2D eigenvalue weighted by Gasteiger charge is 2.28. The van der Waals surface area contributed by atoms with E-state index in [1.54, 1.807) is 7.11 Å². The van der Waals surface area contributed by atoms with Gasteiger partial charge in [-0.05, 0) is 31.4 Å². The number of aliphatic hydroxyl groups is 1. The summed E-state index contributed by atoms with van der Waals surface area (Å²) in [6, 6.07) is 7.92. The first-order chi connectivity index (χ1) is 8.38. The van der Waals surface area contributed by atoms with E-state index in [-0.39, 0.29) is 6.61 Å². The molecule has 1 aromatic rings. The maximum absolute atomic E-state index is 10.0. The third kappa shape index (κ3) is 3.72. The molecule has 18 heavy (non-hydrogen) atoms. The molecule has 102 valence electrons. The SMILES string of the molecule is COC(C)(C)C(O)COc1ccccc1C(C)C. The predicted molar refractivity (Wildman–Crippen MR) is 73.1 cm³/mol. The maximum Gasteiger partial charge on any atom is 0.122 e. The van der Waals surface area contributed by atoms with Crippen molar-refractivity contribution < 1.29 is 14.6 Å². The van der Waals surface area contributed by atoms with Gasteiger partial charge in [-0.15, -0.1) is 0 Å². The zero-order chi connectivity index (χ0) is 13.8. The van der Waals surface area contributed by atoms with Crippen LogP contribution in [0.1, 0.15) is 39.2 Å². The Labute approximate surface area is 110 Å². The lowest BCUT2D eigenvalue weighted by Crippen LogP contribution is -2.42. The Morgan fingerprint density at radius 1 is 1.22 bits per heavy atom. The molecule has 0 saturated carbocycles. The van der Waals surface area contributed by atoms with E-state index in [0.717, 1.165) is 11.3 Å². The molecule has 1 rings (SSSR count). The molecule has 1 unspecified atom stereocenters. The van der Waals surface area contributed by atoms with E-state index in [9.17, 15) is 5.11 Å². The molecule has 0 aliphatic rings. The Hall–Kier alpha value is -1.06. The van der Waals surface area contributed by atoms with E-state index in [0.29, 0.717) is 5.92 Å². The van der Waals surface area contributed by atoms with Gasteiger partial charge in [-0.3, -0.25) is 0 Å². The van der Waals surface area contributed by atoms with Crippen molar-refractivity contribution in [2.75, 3.05) is 13.7 Å². The van der Waals surface area contributed by atoms with Crippen LogP contribution in [-0.4, -0.2) is 30.5 Å². The first kappa shape index (κ1) is 15.0. The summed E-state index contributed by atoms with van der Waals surface area (Å²) >= 11 is 0. The van der Waals surface area contributed by atoms with Crippen LogP contribution < -0.4 is 4.74 Å². The second-order valence-electron chi connectivity index (χ2n) is 5.33. The van der Waals surface area contributed by atoms with E-state index >= 15 is 0 Å². The lowest BCUT2D eigenvalue weighted by atomic mass is 10.0. The number of ether oxygens (including phenoxy) is 2. The number of rotatable bonds is 6. The Bertz CT molecular complexity index is 372. The average molecular weight is 252 g/mol. The van der Waals surface area contributed by atoms with Gasteiger partial charge in [0.25, 0.3) is 0 Å². The van der Waals surface area contributed by atoms with Gasteiger partial charge >= 0.3 is 0 Å². The molecule has 3 heteroatoms. The molecule has 1 N–H and O–H groups in total. The molecule has 0 bridgehead atoms. The summed E-state index contributed by atoms with van der Waals surface area (Å²) in [5.41, 5.74) is 0.548. The molecule has 0 amide bonds. The third-order valence-corrected chi connectivity index (χ3v) is 3.27. The van der Waals surface area contributed by atoms with Crippen molar-refractivity contribution in [1.82, 2.24) is 0 Å². The smallest absolute Gasteiger partial charge is 0.122 e. The standard InChI is InChI=1S/C15H24O3/c1-11(2)12-8-6-7-9-13(12)18-10-14(16)15(3,4)17-5/h6-9,11,14,16H,10H2,1-5H3. The van der Waals surface area contributed by atoms with E-state index in [1.807, 2.05) is 38.1 Å². The summed E-state index contributed by atoms with van der Waals surface area (Å²) in [4.78, 5) is 0. The lowest BCUT2D eigenvalue weighted by molar-refractivity contribution is -0.0915. The molecule has 3 nitrogen and oxygen atoms in total. The van der Waals surface area contributed by atoms with Crippen molar-refractivity contribution in [3.05, 3.63) is 29.8 Å². The quantitative estimate of drug-likeness (QED) is 0.846. The van der Waals surface area contributed by atoms with Crippen LogP contribution in [-0.2, 0) is 4.74 Å². The molecule has 1 atom stereocenters. The van der Waals surface area contributed by atoms with Gasteiger partial charge < -0.3 is 14.6 Å². The number of para-hydroxylation sites is 1. The molecule has 0 fully saturated rings. The van der Waals surface area contributed by atoms with E-state index in [4.69, 9.17) is 9.47 Å². The molecule has 0 aromatic heterocycles. The highest BCUT2D eigenvalue weighted by Crippen LogP contribution is 2.26. The summed E-state index contributed by atoms with van der Waals surface area (Å²) in [6.45, 7) is 8.16. The molecule has 0 saturated heterocycles. The van der Waals surface area contributed by atoms with Gasteiger partial charge in [-0.25, -0.2) is 0 Å². The number of benzene rings is 1. The Morgan fingerprint density at radius 2 is 1.83 bits per heavy atom. The highest BCUT2D eigenvalue weighted by atomic mass is 16.5. The van der Waals surface area contributed by atoms with Gasteiger partial charge in [0, 0.05) is 7.11 Å². The fraction of sp³-hybridized carbons (Fsp3) is 0.600. The van der Waals surface area contributed by atoms with Gasteiger partial charge in [-0.2, -0.15) is 0 Å². The van der Waals surface area contributed by atoms with E-state index in [2.05, 4.69) is 13.8 Å². The highest BCUT2D eigenvalue weighted by molar-refractivity contribution is 5.35. The molecule has 1 aromatic carbocycles. The zero-order valence-electron chi connectivity index (χ0n) is 11.9. The number of aliphatic hydroxyl groups excluding tert-OH is 1. The Morgan fingerprint density at radius 3 is 2.39 bits per heavy atom. The molecule has 0 spiro atoms. The minimum absolute atomic E-state index is 0.227. The van der Waals surface area contributed by atoms with Gasteiger partial charge in [-0.1, -0.05) is 32.0 Å². The second kappa shape index (κ2) is 6.21. The van der Waals surface area contributed by atoms with Crippen LogP contribution in [0.5, 0.6) is 5.75 Å². The van der Waals surface area contributed by atoms with Crippen molar-refractivity contribution in [2.24, 2.45) is 0 Å². The van der Waals surface area contributed by atoms with Crippen LogP contribution in [0.15, 0.2) is 24.3 Å². The first-order valence-electron chi connectivity index (χ1n) is 6.33. The number of methoxy groups -OCH3 is 1. The normalized spacial score (nSPS) is 13.7. The first-order valence-corrected chi connectivity index (χ1v) is 6.33. The minimum atomic E-state index is -0.664. The van der Waals surface area contributed by atoms with Crippen molar-refractivity contribution >= 4 is 0 Å². The summed E-state index contributed by atoms with van der Waals surface area (Å²) in [7, 11) is 1.59. The van der Waals surface area contributed by atoms with Crippen LogP contribution in [0.2, 0.25) is 0 Å². The molecular weight excluding hydrogens is 228 g/mol. The summed E-state index contributed by atoms with van der Waals surface area (Å²) in [5, 5.41) is 10.0. The number of hydrogen-bond donors (Lipinski definition) is 1. The van der Waals surface area contributed by atoms with Crippen molar-refractivity contribution in [3.8, 4) is 5.75 Å². The predicted octanol–water partition coefficient (Wildman–Crippen LogP) is 2.97. The van der Waals surface area contributed by atoms with Gasteiger partial charge in [0.1, 0.15) is 18.5 Å². The van der Waals surface area contributed by atoms with Crippen LogP contribution in [0.3, 0.4) is 0 Å². The van der Waals surface area contributed by atoms with Crippen molar-refractivity contribution in [1.29, 1.82) is 0 Å². The van der Waals surface area contributed by atoms with E-state index < -0.39 is 11.7 Å². The van der Waals surface area contributed by atoms with Gasteiger partial charge in [0.2, 0.25) is 0 Å². The monoisotopic (exact) mass is 252 g/mol. The number of hydrogen-bond acceptors (Lipinski definition) is 3. The minimum Gasteiger partial charge on any atom is -0.490 e. The Balaban J connectivity index is 2.69. The lowest BCUT2D eigenvalue weighted by Gasteiger charge is -2.29. The second-order valence-corrected chi connectivity index (χ2v) is 5.33. The van der Waals surface area contributed by atoms with Crippen LogP contribution in [0.25, 0.3) is 0 Å². The molecule has 0 radical (unpaired) electrons. The zero-order valence-corrected chi connectivity index (χ0v) is 11.9. The van der Waals surface area contributed by atoms with Gasteiger partial charge in [0.15, 0.2) is 0 Å². The molecule has 0 heterocycles. The maximum atomic E-state index is 10.0. The topological polar surface area (TPSA) is 38.7 Å². The van der Waals surface area contributed by atoms with Crippen molar-refractivity contribution in [2.45, 2.75) is 45.3 Å². The Kier molecular flexibility index (Phi) is 5.17. The van der Waals surface area contributed by atoms with Crippen LogP contribution >= 0.6 is 0 Å². The largest absolute Gasteiger partial charge is 0.490 e. The fourth-order valence-corrected chi connectivity index (χ4v) is 1.59.